The molecular formula is C21H19BrClNO. The van der Waals surface area contributed by atoms with E-state index in [9.17, 15) is 0 Å². The minimum absolute atomic E-state index is 0.444. The van der Waals surface area contributed by atoms with Crippen LogP contribution in [0.3, 0.4) is 0 Å². The first-order chi connectivity index (χ1) is 12.1. The summed E-state index contributed by atoms with van der Waals surface area (Å²) in [5.74, 6) is 0.805. The second-order valence-electron chi connectivity index (χ2n) is 5.81. The van der Waals surface area contributed by atoms with E-state index in [-0.39, 0.29) is 0 Å². The molecule has 0 aliphatic rings. The van der Waals surface area contributed by atoms with Crippen molar-refractivity contribution in [1.82, 2.24) is 0 Å². The summed E-state index contributed by atoms with van der Waals surface area (Å²) in [5, 5.41) is 4.18. The van der Waals surface area contributed by atoms with Gasteiger partial charge in [0, 0.05) is 22.8 Å². The molecule has 3 rings (SSSR count). The van der Waals surface area contributed by atoms with E-state index in [1.54, 1.807) is 0 Å². The predicted octanol–water partition coefficient (Wildman–Crippen LogP) is 6.60. The van der Waals surface area contributed by atoms with Crippen molar-refractivity contribution in [3.63, 3.8) is 0 Å². The zero-order valence-electron chi connectivity index (χ0n) is 13.9. The van der Waals surface area contributed by atoms with E-state index in [1.807, 2.05) is 42.5 Å². The average molecular weight is 417 g/mol. The molecule has 3 aromatic carbocycles. The highest BCUT2D eigenvalue weighted by molar-refractivity contribution is 9.10. The van der Waals surface area contributed by atoms with E-state index in [1.165, 1.54) is 11.1 Å². The van der Waals surface area contributed by atoms with Gasteiger partial charge in [-0.1, -0.05) is 54.1 Å². The van der Waals surface area contributed by atoms with Gasteiger partial charge in [0.05, 0.1) is 4.47 Å². The lowest BCUT2D eigenvalue weighted by Crippen LogP contribution is -2.02. The highest BCUT2D eigenvalue weighted by Crippen LogP contribution is 2.28. The molecule has 0 unspecified atom stereocenters. The fourth-order valence-corrected chi connectivity index (χ4v) is 3.24. The van der Waals surface area contributed by atoms with Crippen molar-refractivity contribution >= 4 is 33.2 Å². The second kappa shape index (κ2) is 8.41. The molecule has 0 atom stereocenters. The van der Waals surface area contributed by atoms with Gasteiger partial charge in [-0.2, -0.15) is 0 Å². The molecule has 128 valence electrons. The number of ether oxygens (including phenoxy) is 1. The molecule has 25 heavy (non-hydrogen) atoms. The van der Waals surface area contributed by atoms with Gasteiger partial charge < -0.3 is 10.1 Å². The van der Waals surface area contributed by atoms with Crippen molar-refractivity contribution < 1.29 is 4.74 Å². The summed E-state index contributed by atoms with van der Waals surface area (Å²) in [7, 11) is 0. The molecular weight excluding hydrogens is 398 g/mol. The second-order valence-corrected chi connectivity index (χ2v) is 7.07. The lowest BCUT2D eigenvalue weighted by Gasteiger charge is -2.12. The summed E-state index contributed by atoms with van der Waals surface area (Å²) < 4.78 is 6.82. The minimum Gasteiger partial charge on any atom is -0.488 e. The topological polar surface area (TPSA) is 21.3 Å². The van der Waals surface area contributed by atoms with Crippen molar-refractivity contribution in [3.8, 4) is 5.75 Å². The highest BCUT2D eigenvalue weighted by atomic mass is 79.9. The molecule has 1 N–H and O–H groups in total. The van der Waals surface area contributed by atoms with Gasteiger partial charge in [-0.05, 0) is 58.2 Å². The van der Waals surface area contributed by atoms with Crippen LogP contribution < -0.4 is 10.1 Å². The molecule has 0 spiro atoms. The Balaban J connectivity index is 1.63. The van der Waals surface area contributed by atoms with E-state index in [2.05, 4.69) is 52.4 Å². The third kappa shape index (κ3) is 4.77. The summed E-state index contributed by atoms with van der Waals surface area (Å²) >= 11 is 9.76. The van der Waals surface area contributed by atoms with Crippen LogP contribution in [0.4, 0.5) is 5.69 Å². The molecule has 2 nitrogen and oxygen atoms in total. The summed E-state index contributed by atoms with van der Waals surface area (Å²) in [6.45, 7) is 3.30. The van der Waals surface area contributed by atoms with Crippen LogP contribution in [0, 0.1) is 6.92 Å². The third-order valence-corrected chi connectivity index (χ3v) is 4.95. The number of nitrogens with one attached hydrogen (secondary N) is 1. The number of para-hydroxylation sites is 1. The molecule has 3 aromatic rings. The minimum atomic E-state index is 0.444. The molecule has 0 radical (unpaired) electrons. The normalized spacial score (nSPS) is 10.5. The molecule has 0 aliphatic heterocycles. The predicted molar refractivity (Wildman–Crippen MR) is 108 cm³/mol. The SMILES string of the molecule is Cc1ccccc1NCc1ccc(OCc2ccccc2Cl)c(Br)c1. The van der Waals surface area contributed by atoms with Crippen LogP contribution in [0.15, 0.2) is 71.2 Å². The number of anilines is 1. The summed E-state index contributed by atoms with van der Waals surface area (Å²) in [6, 6.07) is 22.1. The number of benzene rings is 3. The van der Waals surface area contributed by atoms with E-state index in [4.69, 9.17) is 16.3 Å². The molecule has 0 amide bonds. The largest absolute Gasteiger partial charge is 0.488 e. The number of rotatable bonds is 6. The Morgan fingerprint density at radius 1 is 1.00 bits per heavy atom. The van der Waals surface area contributed by atoms with Crippen LogP contribution in [0.1, 0.15) is 16.7 Å². The van der Waals surface area contributed by atoms with Crippen molar-refractivity contribution in [1.29, 1.82) is 0 Å². The van der Waals surface area contributed by atoms with Crippen LogP contribution in [-0.4, -0.2) is 0 Å². The van der Waals surface area contributed by atoms with Crippen LogP contribution in [0.2, 0.25) is 5.02 Å². The number of hydrogen-bond donors (Lipinski definition) is 1. The average Bonchev–Trinajstić information content (AvgIpc) is 2.61. The number of halogens is 2. The maximum absolute atomic E-state index is 6.17. The van der Waals surface area contributed by atoms with Gasteiger partial charge in [0.1, 0.15) is 12.4 Å². The van der Waals surface area contributed by atoms with Crippen LogP contribution >= 0.6 is 27.5 Å². The van der Waals surface area contributed by atoms with Crippen molar-refractivity contribution in [2.24, 2.45) is 0 Å². The molecule has 0 fully saturated rings. The smallest absolute Gasteiger partial charge is 0.134 e. The van der Waals surface area contributed by atoms with E-state index in [0.717, 1.165) is 33.0 Å². The molecule has 0 heterocycles. The monoisotopic (exact) mass is 415 g/mol. The third-order valence-electron chi connectivity index (χ3n) is 3.97. The fourth-order valence-electron chi connectivity index (χ4n) is 2.51. The lowest BCUT2D eigenvalue weighted by atomic mass is 10.1. The van der Waals surface area contributed by atoms with E-state index in [0.29, 0.717) is 6.61 Å². The van der Waals surface area contributed by atoms with Gasteiger partial charge in [0.25, 0.3) is 0 Å². The van der Waals surface area contributed by atoms with E-state index >= 15 is 0 Å². The first kappa shape index (κ1) is 17.8. The van der Waals surface area contributed by atoms with Gasteiger partial charge >= 0.3 is 0 Å². The van der Waals surface area contributed by atoms with Crippen molar-refractivity contribution in [2.75, 3.05) is 5.32 Å². The van der Waals surface area contributed by atoms with Gasteiger partial charge in [-0.3, -0.25) is 0 Å². The Bertz CT molecular complexity index is 866. The Morgan fingerprint density at radius 2 is 1.76 bits per heavy atom. The fraction of sp³-hybridized carbons (Fsp3) is 0.143. The highest BCUT2D eigenvalue weighted by Gasteiger charge is 2.06. The first-order valence-electron chi connectivity index (χ1n) is 8.07. The van der Waals surface area contributed by atoms with Gasteiger partial charge in [-0.15, -0.1) is 0 Å². The quantitative estimate of drug-likeness (QED) is 0.488. The molecule has 0 aromatic heterocycles. The van der Waals surface area contributed by atoms with Gasteiger partial charge in [0.15, 0.2) is 0 Å². The molecule has 0 saturated carbocycles. The van der Waals surface area contributed by atoms with Crippen LogP contribution in [0.25, 0.3) is 0 Å². The number of aryl methyl sites for hydroxylation is 1. The lowest BCUT2D eigenvalue weighted by molar-refractivity contribution is 0.304. The van der Waals surface area contributed by atoms with Crippen molar-refractivity contribution in [3.05, 3.63) is 92.9 Å². The van der Waals surface area contributed by atoms with Gasteiger partial charge in [0.2, 0.25) is 0 Å². The standard InChI is InChI=1S/C21H19BrClNO/c1-15-6-2-5-9-20(15)24-13-16-10-11-21(18(22)12-16)25-14-17-7-3-4-8-19(17)23/h2-12,24H,13-14H2,1H3. The summed E-state index contributed by atoms with van der Waals surface area (Å²) in [6.07, 6.45) is 0. The van der Waals surface area contributed by atoms with Gasteiger partial charge in [-0.25, -0.2) is 0 Å². The Morgan fingerprint density at radius 3 is 2.52 bits per heavy atom. The zero-order valence-corrected chi connectivity index (χ0v) is 16.3. The Hall–Kier alpha value is -1.97. The molecule has 0 bridgehead atoms. The maximum Gasteiger partial charge on any atom is 0.134 e. The first-order valence-corrected chi connectivity index (χ1v) is 9.25. The Kier molecular flexibility index (Phi) is 6.00. The Labute approximate surface area is 161 Å². The molecule has 0 saturated heterocycles. The zero-order chi connectivity index (χ0) is 17.6. The molecule has 0 aliphatic carbocycles. The maximum atomic E-state index is 6.17. The molecule has 4 heteroatoms. The van der Waals surface area contributed by atoms with Crippen molar-refractivity contribution in [2.45, 2.75) is 20.1 Å². The van der Waals surface area contributed by atoms with E-state index < -0.39 is 0 Å². The number of hydrogen-bond acceptors (Lipinski definition) is 2. The summed E-state index contributed by atoms with van der Waals surface area (Å²) in [4.78, 5) is 0. The van der Waals surface area contributed by atoms with Crippen LogP contribution in [-0.2, 0) is 13.2 Å². The van der Waals surface area contributed by atoms with Crippen LogP contribution in [0.5, 0.6) is 5.75 Å². The summed E-state index contributed by atoms with van der Waals surface area (Å²) in [5.41, 5.74) is 4.54.